The second-order valence-corrected chi connectivity index (χ2v) is 5.50. The number of nitrogens with two attached hydrogens (primary N) is 1. The lowest BCUT2D eigenvalue weighted by atomic mass is 9.85. The fourth-order valence-corrected chi connectivity index (χ4v) is 2.99. The Bertz CT molecular complexity index is 606. The molecule has 0 amide bonds. The monoisotopic (exact) mass is 257 g/mol. The van der Waals surface area contributed by atoms with Crippen molar-refractivity contribution >= 4 is 11.6 Å². The molecule has 0 radical (unpaired) electrons. The third kappa shape index (κ3) is 1.66. The van der Waals surface area contributed by atoms with Crippen LogP contribution in [0.4, 0.5) is 0 Å². The van der Waals surface area contributed by atoms with Crippen LogP contribution in [0.5, 0.6) is 0 Å². The van der Waals surface area contributed by atoms with Crippen LogP contribution in [0.3, 0.4) is 0 Å². The van der Waals surface area contributed by atoms with Gasteiger partial charge in [-0.15, -0.1) is 0 Å². The summed E-state index contributed by atoms with van der Waals surface area (Å²) in [5, 5.41) is 0.793. The third-order valence-electron chi connectivity index (χ3n) is 3.97. The molecule has 1 unspecified atom stereocenters. The van der Waals surface area contributed by atoms with E-state index in [9.17, 15) is 0 Å². The first-order valence-corrected chi connectivity index (χ1v) is 6.63. The van der Waals surface area contributed by atoms with Gasteiger partial charge in [0.1, 0.15) is 0 Å². The summed E-state index contributed by atoms with van der Waals surface area (Å²) in [6.07, 6.45) is 1.99. The average molecular weight is 258 g/mol. The molecule has 1 aliphatic rings. The minimum absolute atomic E-state index is 0.381. The van der Waals surface area contributed by atoms with Crippen molar-refractivity contribution in [2.24, 2.45) is 5.73 Å². The molecule has 1 aliphatic carbocycles. The zero-order valence-corrected chi connectivity index (χ0v) is 11.2. The van der Waals surface area contributed by atoms with Crippen molar-refractivity contribution in [1.82, 2.24) is 0 Å². The van der Waals surface area contributed by atoms with Gasteiger partial charge in [-0.2, -0.15) is 0 Å². The fourth-order valence-electron chi connectivity index (χ4n) is 2.81. The fraction of sp³-hybridized carbons (Fsp3) is 0.250. The molecule has 0 fully saturated rings. The van der Waals surface area contributed by atoms with Crippen LogP contribution in [0.15, 0.2) is 42.5 Å². The van der Waals surface area contributed by atoms with Crippen LogP contribution in [-0.4, -0.2) is 0 Å². The van der Waals surface area contributed by atoms with Crippen molar-refractivity contribution in [2.45, 2.75) is 25.3 Å². The van der Waals surface area contributed by atoms with Gasteiger partial charge >= 0.3 is 0 Å². The Morgan fingerprint density at radius 2 is 1.94 bits per heavy atom. The van der Waals surface area contributed by atoms with E-state index >= 15 is 0 Å². The largest absolute Gasteiger partial charge is 0.318 e. The smallest absolute Gasteiger partial charge is 0.0671 e. The molecule has 92 valence electrons. The van der Waals surface area contributed by atoms with Crippen LogP contribution in [-0.2, 0) is 12.0 Å². The van der Waals surface area contributed by atoms with E-state index in [0.29, 0.717) is 0 Å². The second-order valence-electron chi connectivity index (χ2n) is 5.09. The third-order valence-corrected chi connectivity index (χ3v) is 4.38. The maximum atomic E-state index is 6.65. The summed E-state index contributed by atoms with van der Waals surface area (Å²) in [7, 11) is 0. The van der Waals surface area contributed by atoms with Crippen LogP contribution < -0.4 is 5.73 Å². The Hall–Kier alpha value is -1.31. The molecule has 0 spiro atoms. The molecule has 2 aromatic carbocycles. The first-order chi connectivity index (χ1) is 8.61. The van der Waals surface area contributed by atoms with E-state index in [1.165, 1.54) is 11.1 Å². The van der Waals surface area contributed by atoms with Crippen LogP contribution in [0.2, 0.25) is 5.02 Å². The molecule has 1 atom stereocenters. The average Bonchev–Trinajstić information content (AvgIpc) is 2.73. The molecule has 2 heteroatoms. The van der Waals surface area contributed by atoms with Crippen molar-refractivity contribution in [1.29, 1.82) is 0 Å². The molecule has 0 saturated heterocycles. The molecule has 0 aromatic heterocycles. The SMILES string of the molecule is Cc1ccc(C2(N)CCc3ccccc32)cc1Cl. The molecule has 18 heavy (non-hydrogen) atoms. The molecule has 0 bridgehead atoms. The van der Waals surface area contributed by atoms with Crippen molar-refractivity contribution in [3.63, 3.8) is 0 Å². The zero-order valence-electron chi connectivity index (χ0n) is 10.4. The van der Waals surface area contributed by atoms with Crippen molar-refractivity contribution in [3.8, 4) is 0 Å². The van der Waals surface area contributed by atoms with Crippen molar-refractivity contribution in [3.05, 3.63) is 69.7 Å². The van der Waals surface area contributed by atoms with Gasteiger partial charge in [-0.1, -0.05) is 48.0 Å². The maximum Gasteiger partial charge on any atom is 0.0671 e. The highest BCUT2D eigenvalue weighted by molar-refractivity contribution is 6.31. The molecule has 0 saturated carbocycles. The molecule has 1 nitrogen and oxygen atoms in total. The number of aryl methyl sites for hydroxylation is 2. The molecular formula is C16H16ClN. The van der Waals surface area contributed by atoms with Gasteiger partial charge < -0.3 is 5.73 Å². The van der Waals surface area contributed by atoms with Gasteiger partial charge in [0.05, 0.1) is 5.54 Å². The molecule has 0 heterocycles. The van der Waals surface area contributed by atoms with E-state index in [1.807, 2.05) is 19.1 Å². The Balaban J connectivity index is 2.14. The summed E-state index contributed by atoms with van der Waals surface area (Å²) in [5.74, 6) is 0. The van der Waals surface area contributed by atoms with Gasteiger partial charge in [-0.25, -0.2) is 0 Å². The van der Waals surface area contributed by atoms with E-state index < -0.39 is 0 Å². The van der Waals surface area contributed by atoms with Gasteiger partial charge in [-0.3, -0.25) is 0 Å². The van der Waals surface area contributed by atoms with Gasteiger partial charge in [0.2, 0.25) is 0 Å². The van der Waals surface area contributed by atoms with Crippen molar-refractivity contribution in [2.75, 3.05) is 0 Å². The molecule has 0 aliphatic heterocycles. The van der Waals surface area contributed by atoms with Gasteiger partial charge in [-0.05, 0) is 48.1 Å². The lowest BCUT2D eigenvalue weighted by Crippen LogP contribution is -2.35. The van der Waals surface area contributed by atoms with E-state index in [-0.39, 0.29) is 5.54 Å². The standard InChI is InChI=1S/C16H16ClN/c1-11-6-7-13(10-15(11)17)16(18)9-8-12-4-2-3-5-14(12)16/h2-7,10H,8-9,18H2,1H3. The van der Waals surface area contributed by atoms with Crippen LogP contribution >= 0.6 is 11.6 Å². The molecule has 2 aromatic rings. The number of rotatable bonds is 1. The minimum atomic E-state index is -0.381. The summed E-state index contributed by atoms with van der Waals surface area (Å²) >= 11 is 6.23. The van der Waals surface area contributed by atoms with Gasteiger partial charge in [0.25, 0.3) is 0 Å². The second kappa shape index (κ2) is 4.11. The predicted octanol–water partition coefficient (Wildman–Crippen LogP) is 3.80. The number of hydrogen-bond acceptors (Lipinski definition) is 1. The number of hydrogen-bond donors (Lipinski definition) is 1. The summed E-state index contributed by atoms with van der Waals surface area (Å²) in [6, 6.07) is 14.6. The summed E-state index contributed by atoms with van der Waals surface area (Å²) in [4.78, 5) is 0. The van der Waals surface area contributed by atoms with Gasteiger partial charge in [0, 0.05) is 5.02 Å². The number of fused-ring (bicyclic) bond motifs is 1. The number of halogens is 1. The number of benzene rings is 2. The summed E-state index contributed by atoms with van der Waals surface area (Å²) in [5.41, 5.74) is 11.1. The Morgan fingerprint density at radius 1 is 1.17 bits per heavy atom. The first kappa shape index (κ1) is 11.8. The quantitative estimate of drug-likeness (QED) is 0.826. The van der Waals surface area contributed by atoms with Crippen molar-refractivity contribution < 1.29 is 0 Å². The highest BCUT2D eigenvalue weighted by atomic mass is 35.5. The Labute approximate surface area is 113 Å². The topological polar surface area (TPSA) is 26.0 Å². The Kier molecular flexibility index (Phi) is 2.69. The first-order valence-electron chi connectivity index (χ1n) is 6.25. The van der Waals surface area contributed by atoms with E-state index in [0.717, 1.165) is 29.0 Å². The predicted molar refractivity (Wildman–Crippen MR) is 75.9 cm³/mol. The molecule has 2 N–H and O–H groups in total. The normalized spacial score (nSPS) is 21.9. The molecular weight excluding hydrogens is 242 g/mol. The Morgan fingerprint density at radius 3 is 2.72 bits per heavy atom. The minimum Gasteiger partial charge on any atom is -0.318 e. The highest BCUT2D eigenvalue weighted by Crippen LogP contribution is 2.40. The highest BCUT2D eigenvalue weighted by Gasteiger charge is 2.36. The summed E-state index contributed by atoms with van der Waals surface area (Å²) in [6.45, 7) is 2.01. The van der Waals surface area contributed by atoms with E-state index in [4.69, 9.17) is 17.3 Å². The molecule has 3 rings (SSSR count). The lowest BCUT2D eigenvalue weighted by Gasteiger charge is -2.26. The van der Waals surface area contributed by atoms with E-state index in [1.54, 1.807) is 0 Å². The lowest BCUT2D eigenvalue weighted by molar-refractivity contribution is 0.535. The van der Waals surface area contributed by atoms with Gasteiger partial charge in [0.15, 0.2) is 0 Å². The van der Waals surface area contributed by atoms with Crippen LogP contribution in [0.25, 0.3) is 0 Å². The zero-order chi connectivity index (χ0) is 12.8. The summed E-state index contributed by atoms with van der Waals surface area (Å²) < 4.78 is 0. The van der Waals surface area contributed by atoms with E-state index in [2.05, 4.69) is 30.3 Å². The maximum absolute atomic E-state index is 6.65. The van der Waals surface area contributed by atoms with Crippen LogP contribution in [0.1, 0.15) is 28.7 Å². The van der Waals surface area contributed by atoms with Crippen LogP contribution in [0, 0.1) is 6.92 Å².